The molecule has 5 heteroatoms. The van der Waals surface area contributed by atoms with Gasteiger partial charge >= 0.3 is 0 Å². The van der Waals surface area contributed by atoms with Crippen molar-refractivity contribution in [1.29, 1.82) is 0 Å². The summed E-state index contributed by atoms with van der Waals surface area (Å²) in [5.41, 5.74) is 1.63. The molecule has 1 heterocycles. The summed E-state index contributed by atoms with van der Waals surface area (Å²) in [7, 11) is 0. The third kappa shape index (κ3) is 3.02. The van der Waals surface area contributed by atoms with Gasteiger partial charge in [-0.15, -0.1) is 0 Å². The van der Waals surface area contributed by atoms with Crippen molar-refractivity contribution in [2.45, 2.75) is 6.54 Å². The lowest BCUT2D eigenvalue weighted by atomic mass is 10.2. The first-order valence-electron chi connectivity index (χ1n) is 6.75. The van der Waals surface area contributed by atoms with Crippen molar-refractivity contribution in [2.75, 3.05) is 0 Å². The number of carbonyl (C=O) groups is 1. The number of aromatic nitrogens is 1. The second-order valence-electron chi connectivity index (χ2n) is 4.85. The monoisotopic (exact) mass is 312 g/mol. The Morgan fingerprint density at radius 1 is 1.09 bits per heavy atom. The minimum atomic E-state index is -0.292. The highest BCUT2D eigenvalue weighted by atomic mass is 35.5. The zero-order valence-corrected chi connectivity index (χ0v) is 12.3. The topological polar surface area (TPSA) is 62.2 Å². The average molecular weight is 313 g/mol. The summed E-state index contributed by atoms with van der Waals surface area (Å²) < 4.78 is 0. The predicted molar refractivity (Wildman–Crippen MR) is 86.0 cm³/mol. The Labute approximate surface area is 132 Å². The van der Waals surface area contributed by atoms with Gasteiger partial charge in [-0.25, -0.2) is 4.98 Å². The first-order chi connectivity index (χ1) is 10.6. The molecule has 0 aliphatic carbocycles. The van der Waals surface area contributed by atoms with Crippen LogP contribution < -0.4 is 5.32 Å². The van der Waals surface area contributed by atoms with Gasteiger partial charge in [0.1, 0.15) is 17.0 Å². The van der Waals surface area contributed by atoms with E-state index in [0.29, 0.717) is 17.1 Å². The van der Waals surface area contributed by atoms with Crippen LogP contribution in [0.2, 0.25) is 5.02 Å². The molecule has 0 saturated carbocycles. The highest BCUT2D eigenvalue weighted by Gasteiger charge is 2.09. The van der Waals surface area contributed by atoms with Gasteiger partial charge in [0.25, 0.3) is 5.91 Å². The lowest BCUT2D eigenvalue weighted by molar-refractivity contribution is 0.0946. The Kier molecular flexibility index (Phi) is 3.94. The van der Waals surface area contributed by atoms with Gasteiger partial charge in [-0.05, 0) is 29.8 Å². The number of para-hydroxylation sites is 1. The molecule has 0 radical (unpaired) electrons. The fourth-order valence-electron chi connectivity index (χ4n) is 2.13. The Bertz CT molecular complexity index is 832. The number of fused-ring (bicyclic) bond motifs is 1. The number of rotatable bonds is 3. The van der Waals surface area contributed by atoms with Crippen molar-refractivity contribution < 1.29 is 9.90 Å². The maximum atomic E-state index is 12.2. The molecule has 1 amide bonds. The Morgan fingerprint density at radius 3 is 2.64 bits per heavy atom. The minimum absolute atomic E-state index is 0.0600. The number of phenols is 1. The molecule has 4 nitrogen and oxygen atoms in total. The highest BCUT2D eigenvalue weighted by molar-refractivity contribution is 6.30. The van der Waals surface area contributed by atoms with Crippen LogP contribution in [0.25, 0.3) is 10.9 Å². The van der Waals surface area contributed by atoms with Crippen molar-refractivity contribution in [3.8, 4) is 5.75 Å². The van der Waals surface area contributed by atoms with Crippen molar-refractivity contribution >= 4 is 28.4 Å². The smallest absolute Gasteiger partial charge is 0.270 e. The minimum Gasteiger partial charge on any atom is -0.506 e. The number of amides is 1. The van der Waals surface area contributed by atoms with Crippen molar-refractivity contribution in [2.24, 2.45) is 0 Å². The van der Waals surface area contributed by atoms with Crippen LogP contribution in [0.15, 0.2) is 54.6 Å². The van der Waals surface area contributed by atoms with E-state index in [-0.39, 0.29) is 17.4 Å². The highest BCUT2D eigenvalue weighted by Crippen LogP contribution is 2.22. The van der Waals surface area contributed by atoms with Crippen LogP contribution >= 0.6 is 11.6 Å². The van der Waals surface area contributed by atoms with E-state index in [9.17, 15) is 9.90 Å². The molecule has 2 aromatic carbocycles. The van der Waals surface area contributed by atoms with E-state index in [0.717, 1.165) is 10.9 Å². The Morgan fingerprint density at radius 2 is 1.86 bits per heavy atom. The fraction of sp³-hybridized carbons (Fsp3) is 0.0588. The van der Waals surface area contributed by atoms with E-state index >= 15 is 0 Å². The second kappa shape index (κ2) is 6.03. The zero-order chi connectivity index (χ0) is 15.5. The summed E-state index contributed by atoms with van der Waals surface area (Å²) in [6.07, 6.45) is 0. The predicted octanol–water partition coefficient (Wildman–Crippen LogP) is 3.52. The molecule has 0 unspecified atom stereocenters. The van der Waals surface area contributed by atoms with Crippen LogP contribution in [0, 0.1) is 0 Å². The zero-order valence-electron chi connectivity index (χ0n) is 11.6. The third-order valence-corrected chi connectivity index (χ3v) is 3.55. The fourth-order valence-corrected chi connectivity index (χ4v) is 2.26. The summed E-state index contributed by atoms with van der Waals surface area (Å²) in [5.74, 6) is -0.232. The average Bonchev–Trinajstić information content (AvgIpc) is 2.54. The number of nitrogens with zero attached hydrogens (tertiary/aromatic N) is 1. The molecular weight excluding hydrogens is 300 g/mol. The maximum Gasteiger partial charge on any atom is 0.270 e. The standard InChI is InChI=1S/C17H13ClN2O2/c18-13-7-4-11(5-8-13)10-19-17(22)14-9-6-12-2-1-3-15(21)16(12)20-14/h1-9,21H,10H2,(H,19,22). The summed E-state index contributed by atoms with van der Waals surface area (Å²) in [6, 6.07) is 15.8. The van der Waals surface area contributed by atoms with E-state index in [1.54, 1.807) is 36.4 Å². The number of hydrogen-bond acceptors (Lipinski definition) is 3. The van der Waals surface area contributed by atoms with E-state index in [1.165, 1.54) is 0 Å². The van der Waals surface area contributed by atoms with Gasteiger partial charge in [-0.3, -0.25) is 4.79 Å². The number of carbonyl (C=O) groups excluding carboxylic acids is 1. The first kappa shape index (κ1) is 14.4. The number of halogens is 1. The number of pyridine rings is 1. The van der Waals surface area contributed by atoms with E-state index in [4.69, 9.17) is 11.6 Å². The maximum absolute atomic E-state index is 12.2. The number of hydrogen-bond donors (Lipinski definition) is 2. The van der Waals surface area contributed by atoms with Gasteiger partial charge in [0.05, 0.1) is 0 Å². The number of aromatic hydroxyl groups is 1. The van der Waals surface area contributed by atoms with Crippen LogP contribution in [-0.2, 0) is 6.54 Å². The summed E-state index contributed by atoms with van der Waals surface area (Å²) in [5, 5.41) is 14.0. The molecule has 0 atom stereocenters. The van der Waals surface area contributed by atoms with Crippen LogP contribution in [0.3, 0.4) is 0 Å². The molecular formula is C17H13ClN2O2. The molecule has 0 aliphatic rings. The number of benzene rings is 2. The van der Waals surface area contributed by atoms with E-state index < -0.39 is 0 Å². The molecule has 0 fully saturated rings. The van der Waals surface area contributed by atoms with Crippen LogP contribution in [-0.4, -0.2) is 16.0 Å². The third-order valence-electron chi connectivity index (χ3n) is 3.30. The van der Waals surface area contributed by atoms with Gasteiger partial charge in [0, 0.05) is 17.0 Å². The van der Waals surface area contributed by atoms with E-state index in [1.807, 2.05) is 18.2 Å². The lowest BCUT2D eigenvalue weighted by Crippen LogP contribution is -2.23. The van der Waals surface area contributed by atoms with E-state index in [2.05, 4.69) is 10.3 Å². The molecule has 22 heavy (non-hydrogen) atoms. The number of nitrogens with one attached hydrogen (secondary N) is 1. The lowest BCUT2D eigenvalue weighted by Gasteiger charge is -2.06. The van der Waals surface area contributed by atoms with Crippen molar-refractivity contribution in [3.63, 3.8) is 0 Å². The number of phenolic OH excluding ortho intramolecular Hbond substituents is 1. The van der Waals surface area contributed by atoms with Crippen LogP contribution in [0.5, 0.6) is 5.75 Å². The summed E-state index contributed by atoms with van der Waals surface area (Å²) in [6.45, 7) is 0.385. The van der Waals surface area contributed by atoms with Gasteiger partial charge in [0.15, 0.2) is 0 Å². The van der Waals surface area contributed by atoms with Gasteiger partial charge in [-0.2, -0.15) is 0 Å². The SMILES string of the molecule is O=C(NCc1ccc(Cl)cc1)c1ccc2cccc(O)c2n1. The normalized spacial score (nSPS) is 10.6. The molecule has 110 valence electrons. The largest absolute Gasteiger partial charge is 0.506 e. The van der Waals surface area contributed by atoms with Crippen LogP contribution in [0.4, 0.5) is 0 Å². The molecule has 0 bridgehead atoms. The molecule has 0 spiro atoms. The molecule has 0 saturated heterocycles. The van der Waals surface area contributed by atoms with Gasteiger partial charge < -0.3 is 10.4 Å². The Hall–Kier alpha value is -2.59. The molecule has 3 rings (SSSR count). The first-order valence-corrected chi connectivity index (χ1v) is 7.13. The quantitative estimate of drug-likeness (QED) is 0.778. The molecule has 2 N–H and O–H groups in total. The van der Waals surface area contributed by atoms with Crippen LogP contribution in [0.1, 0.15) is 16.1 Å². The summed E-state index contributed by atoms with van der Waals surface area (Å²) in [4.78, 5) is 16.4. The van der Waals surface area contributed by atoms with Crippen molar-refractivity contribution in [3.05, 3.63) is 70.9 Å². The molecule has 1 aromatic heterocycles. The van der Waals surface area contributed by atoms with Crippen molar-refractivity contribution in [1.82, 2.24) is 10.3 Å². The molecule has 3 aromatic rings. The molecule has 0 aliphatic heterocycles. The second-order valence-corrected chi connectivity index (χ2v) is 5.29. The summed E-state index contributed by atoms with van der Waals surface area (Å²) >= 11 is 5.82. The van der Waals surface area contributed by atoms with Gasteiger partial charge in [0.2, 0.25) is 0 Å². The Balaban J connectivity index is 1.77. The van der Waals surface area contributed by atoms with Gasteiger partial charge in [-0.1, -0.05) is 41.9 Å².